The van der Waals surface area contributed by atoms with E-state index in [1.165, 1.54) is 0 Å². The SMILES string of the molecule is CCCC1(C(=O)O)CCN(C(=O)NCC(C)C)CC1. The lowest BCUT2D eigenvalue weighted by Crippen LogP contribution is -2.50. The molecule has 1 heterocycles. The Bertz CT molecular complexity index is 321. The zero-order valence-electron chi connectivity index (χ0n) is 12.2. The second-order valence-corrected chi connectivity index (χ2v) is 5.90. The maximum absolute atomic E-state index is 11.9. The van der Waals surface area contributed by atoms with E-state index in [0.717, 1.165) is 6.42 Å². The Morgan fingerprint density at radius 3 is 2.32 bits per heavy atom. The molecule has 2 N–H and O–H groups in total. The molecule has 2 amide bonds. The van der Waals surface area contributed by atoms with Gasteiger partial charge in [-0.05, 0) is 25.2 Å². The van der Waals surface area contributed by atoms with Crippen LogP contribution in [0.25, 0.3) is 0 Å². The van der Waals surface area contributed by atoms with Gasteiger partial charge >= 0.3 is 12.0 Å². The number of rotatable bonds is 5. The van der Waals surface area contributed by atoms with Crippen molar-refractivity contribution in [2.24, 2.45) is 11.3 Å². The molecule has 0 unspecified atom stereocenters. The average molecular weight is 270 g/mol. The van der Waals surface area contributed by atoms with Gasteiger partial charge in [-0.1, -0.05) is 27.2 Å². The van der Waals surface area contributed by atoms with E-state index in [1.807, 2.05) is 20.8 Å². The molecule has 5 nitrogen and oxygen atoms in total. The molecular formula is C14H26N2O3. The van der Waals surface area contributed by atoms with E-state index >= 15 is 0 Å². The summed E-state index contributed by atoms with van der Waals surface area (Å²) in [6, 6.07) is -0.0656. The highest BCUT2D eigenvalue weighted by Gasteiger charge is 2.41. The number of nitrogens with zero attached hydrogens (tertiary/aromatic N) is 1. The number of carboxylic acid groups (broad SMARTS) is 1. The third-order valence-corrected chi connectivity index (χ3v) is 3.85. The molecule has 0 aliphatic carbocycles. The molecule has 0 aromatic rings. The first-order chi connectivity index (χ1) is 8.91. The summed E-state index contributed by atoms with van der Waals surface area (Å²) in [6.07, 6.45) is 2.69. The van der Waals surface area contributed by atoms with Crippen LogP contribution in [0, 0.1) is 11.3 Å². The highest BCUT2D eigenvalue weighted by Crippen LogP contribution is 2.36. The number of likely N-dealkylation sites (tertiary alicyclic amines) is 1. The van der Waals surface area contributed by atoms with Crippen molar-refractivity contribution in [1.29, 1.82) is 0 Å². The van der Waals surface area contributed by atoms with E-state index in [2.05, 4.69) is 5.32 Å². The Kier molecular flexibility index (Phi) is 5.63. The molecule has 0 saturated carbocycles. The zero-order valence-corrected chi connectivity index (χ0v) is 12.2. The van der Waals surface area contributed by atoms with Crippen LogP contribution in [0.2, 0.25) is 0 Å². The highest BCUT2D eigenvalue weighted by atomic mass is 16.4. The smallest absolute Gasteiger partial charge is 0.317 e. The number of amides is 2. The quantitative estimate of drug-likeness (QED) is 0.805. The van der Waals surface area contributed by atoms with Gasteiger partial charge in [-0.2, -0.15) is 0 Å². The Labute approximate surface area is 115 Å². The summed E-state index contributed by atoms with van der Waals surface area (Å²) in [4.78, 5) is 25.1. The van der Waals surface area contributed by atoms with Crippen LogP contribution in [0.5, 0.6) is 0 Å². The van der Waals surface area contributed by atoms with Gasteiger partial charge in [0.05, 0.1) is 5.41 Å². The van der Waals surface area contributed by atoms with Crippen LogP contribution in [0.4, 0.5) is 4.79 Å². The molecule has 1 fully saturated rings. The number of carboxylic acids is 1. The molecule has 0 bridgehead atoms. The minimum Gasteiger partial charge on any atom is -0.481 e. The van der Waals surface area contributed by atoms with Crippen LogP contribution in [-0.2, 0) is 4.79 Å². The third kappa shape index (κ3) is 4.11. The largest absolute Gasteiger partial charge is 0.481 e. The number of nitrogens with one attached hydrogen (secondary N) is 1. The van der Waals surface area contributed by atoms with Crippen molar-refractivity contribution < 1.29 is 14.7 Å². The maximum Gasteiger partial charge on any atom is 0.317 e. The minimum atomic E-state index is -0.711. The van der Waals surface area contributed by atoms with Gasteiger partial charge in [0.15, 0.2) is 0 Å². The molecule has 0 aromatic heterocycles. The lowest BCUT2D eigenvalue weighted by atomic mass is 9.75. The predicted molar refractivity (Wildman–Crippen MR) is 74.0 cm³/mol. The third-order valence-electron chi connectivity index (χ3n) is 3.85. The first-order valence-corrected chi connectivity index (χ1v) is 7.17. The lowest BCUT2D eigenvalue weighted by Gasteiger charge is -2.38. The van der Waals surface area contributed by atoms with Gasteiger partial charge in [0.2, 0.25) is 0 Å². The molecule has 0 spiro atoms. The molecule has 19 heavy (non-hydrogen) atoms. The lowest BCUT2D eigenvalue weighted by molar-refractivity contribution is -0.152. The van der Waals surface area contributed by atoms with E-state index < -0.39 is 11.4 Å². The first-order valence-electron chi connectivity index (χ1n) is 7.17. The fourth-order valence-electron chi connectivity index (χ4n) is 2.59. The summed E-state index contributed by atoms with van der Waals surface area (Å²) < 4.78 is 0. The van der Waals surface area contributed by atoms with E-state index in [1.54, 1.807) is 4.90 Å². The second-order valence-electron chi connectivity index (χ2n) is 5.90. The zero-order chi connectivity index (χ0) is 14.5. The van der Waals surface area contributed by atoms with Crippen molar-refractivity contribution >= 4 is 12.0 Å². The van der Waals surface area contributed by atoms with Gasteiger partial charge < -0.3 is 15.3 Å². The first kappa shape index (κ1) is 15.8. The molecule has 0 atom stereocenters. The number of hydrogen-bond acceptors (Lipinski definition) is 2. The van der Waals surface area contributed by atoms with Crippen molar-refractivity contribution in [3.8, 4) is 0 Å². The molecule has 5 heteroatoms. The fourth-order valence-corrected chi connectivity index (χ4v) is 2.59. The topological polar surface area (TPSA) is 69.6 Å². The van der Waals surface area contributed by atoms with E-state index in [-0.39, 0.29) is 6.03 Å². The molecule has 1 aliphatic rings. The number of aliphatic carboxylic acids is 1. The van der Waals surface area contributed by atoms with Gasteiger partial charge in [-0.3, -0.25) is 4.79 Å². The number of carbonyl (C=O) groups excluding carboxylic acids is 1. The highest BCUT2D eigenvalue weighted by molar-refractivity contribution is 5.77. The number of carbonyl (C=O) groups is 2. The summed E-state index contributed by atoms with van der Waals surface area (Å²) in [7, 11) is 0. The van der Waals surface area contributed by atoms with Crippen LogP contribution in [0.1, 0.15) is 46.5 Å². The van der Waals surface area contributed by atoms with E-state index in [9.17, 15) is 14.7 Å². The number of urea groups is 1. The molecular weight excluding hydrogens is 244 g/mol. The molecule has 1 saturated heterocycles. The fraction of sp³-hybridized carbons (Fsp3) is 0.857. The predicted octanol–water partition coefficient (Wildman–Crippen LogP) is 2.32. The Hall–Kier alpha value is -1.26. The summed E-state index contributed by atoms with van der Waals surface area (Å²) in [6.45, 7) is 7.84. The standard InChI is InChI=1S/C14H26N2O3/c1-4-5-14(12(17)18)6-8-16(9-7-14)13(19)15-10-11(2)3/h11H,4-10H2,1-3H3,(H,15,19)(H,17,18). The average Bonchev–Trinajstić information content (AvgIpc) is 2.37. The Morgan fingerprint density at radius 1 is 1.32 bits per heavy atom. The summed E-state index contributed by atoms with van der Waals surface area (Å²) in [5.41, 5.74) is -0.621. The van der Waals surface area contributed by atoms with Gasteiger partial charge in [0.1, 0.15) is 0 Å². The summed E-state index contributed by atoms with van der Waals surface area (Å²) in [5.74, 6) is -0.288. The summed E-state index contributed by atoms with van der Waals surface area (Å²) >= 11 is 0. The van der Waals surface area contributed by atoms with Crippen LogP contribution in [-0.4, -0.2) is 41.6 Å². The van der Waals surface area contributed by atoms with Crippen molar-refractivity contribution in [3.05, 3.63) is 0 Å². The van der Waals surface area contributed by atoms with Crippen molar-refractivity contribution in [2.45, 2.75) is 46.5 Å². The molecule has 0 radical (unpaired) electrons. The normalized spacial score (nSPS) is 18.4. The van der Waals surface area contributed by atoms with Gasteiger partial charge in [-0.15, -0.1) is 0 Å². The number of piperidine rings is 1. The van der Waals surface area contributed by atoms with Crippen LogP contribution >= 0.6 is 0 Å². The van der Waals surface area contributed by atoms with Crippen molar-refractivity contribution in [3.63, 3.8) is 0 Å². The Morgan fingerprint density at radius 2 is 1.89 bits per heavy atom. The minimum absolute atomic E-state index is 0.0656. The van der Waals surface area contributed by atoms with Gasteiger partial charge in [-0.25, -0.2) is 4.79 Å². The van der Waals surface area contributed by atoms with E-state index in [0.29, 0.717) is 44.8 Å². The molecule has 1 aliphatic heterocycles. The number of hydrogen-bond donors (Lipinski definition) is 2. The maximum atomic E-state index is 11.9. The molecule has 1 rings (SSSR count). The van der Waals surface area contributed by atoms with Crippen LogP contribution in [0.15, 0.2) is 0 Å². The molecule has 110 valence electrons. The van der Waals surface area contributed by atoms with Crippen molar-refractivity contribution in [1.82, 2.24) is 10.2 Å². The van der Waals surface area contributed by atoms with E-state index in [4.69, 9.17) is 0 Å². The summed E-state index contributed by atoms with van der Waals surface area (Å²) in [5, 5.41) is 12.3. The van der Waals surface area contributed by atoms with Crippen molar-refractivity contribution in [2.75, 3.05) is 19.6 Å². The van der Waals surface area contributed by atoms with Crippen LogP contribution < -0.4 is 5.32 Å². The van der Waals surface area contributed by atoms with Gasteiger partial charge in [0, 0.05) is 19.6 Å². The monoisotopic (exact) mass is 270 g/mol. The second kappa shape index (κ2) is 6.78. The molecule has 0 aromatic carbocycles. The Balaban J connectivity index is 2.51. The van der Waals surface area contributed by atoms with Crippen LogP contribution in [0.3, 0.4) is 0 Å². The van der Waals surface area contributed by atoms with Gasteiger partial charge in [0.25, 0.3) is 0 Å².